The summed E-state index contributed by atoms with van der Waals surface area (Å²) < 4.78 is 10.6. The van der Waals surface area contributed by atoms with E-state index in [0.717, 1.165) is 5.75 Å². The molecule has 1 atom stereocenters. The highest BCUT2D eigenvalue weighted by Crippen LogP contribution is 2.18. The lowest BCUT2D eigenvalue weighted by molar-refractivity contribution is 0.0999. The minimum absolute atomic E-state index is 0.00303. The van der Waals surface area contributed by atoms with Gasteiger partial charge < -0.3 is 19.9 Å². The van der Waals surface area contributed by atoms with Crippen molar-refractivity contribution in [2.24, 2.45) is 0 Å². The molecule has 0 aromatic heterocycles. The average molecular weight is 253 g/mol. The van der Waals surface area contributed by atoms with Crippen molar-refractivity contribution in [2.45, 2.75) is 32.4 Å². The van der Waals surface area contributed by atoms with Gasteiger partial charge in [-0.25, -0.2) is 0 Å². The summed E-state index contributed by atoms with van der Waals surface area (Å²) in [5, 5.41) is 13.0. The zero-order valence-corrected chi connectivity index (χ0v) is 11.6. The lowest BCUT2D eigenvalue weighted by atomic mass is 10.1. The maximum Gasteiger partial charge on any atom is 0.123 e. The third-order valence-corrected chi connectivity index (χ3v) is 2.35. The molecule has 0 aliphatic rings. The summed E-state index contributed by atoms with van der Waals surface area (Å²) in [7, 11) is 1.61. The second kappa shape index (κ2) is 6.61. The predicted octanol–water partition coefficient (Wildman–Crippen LogP) is 1.82. The number of hydrogen-bond donors (Lipinski definition) is 2. The molecule has 0 spiro atoms. The van der Waals surface area contributed by atoms with Crippen molar-refractivity contribution in [1.29, 1.82) is 0 Å². The van der Waals surface area contributed by atoms with Crippen LogP contribution in [0.4, 0.5) is 0 Å². The highest BCUT2D eigenvalue weighted by molar-refractivity contribution is 5.32. The molecule has 0 heterocycles. The van der Waals surface area contributed by atoms with Gasteiger partial charge >= 0.3 is 0 Å². The van der Waals surface area contributed by atoms with Gasteiger partial charge in [0, 0.05) is 18.2 Å². The fourth-order valence-electron chi connectivity index (χ4n) is 1.37. The standard InChI is InChI=1S/C14H23NO3/c1-14(2,3)15-9-11(16)10-18-13-7-5-6-12(8-13)17-4/h5-8,11,15-16H,9-10H2,1-4H3/t11-/m1/s1. The predicted molar refractivity (Wildman–Crippen MR) is 72.3 cm³/mol. The summed E-state index contributed by atoms with van der Waals surface area (Å²) >= 11 is 0. The topological polar surface area (TPSA) is 50.7 Å². The number of aliphatic hydroxyl groups is 1. The van der Waals surface area contributed by atoms with Crippen molar-refractivity contribution >= 4 is 0 Å². The van der Waals surface area contributed by atoms with E-state index in [4.69, 9.17) is 9.47 Å². The van der Waals surface area contributed by atoms with Crippen molar-refractivity contribution in [3.05, 3.63) is 24.3 Å². The Labute approximate surface area is 109 Å². The maximum atomic E-state index is 9.78. The number of ether oxygens (including phenoxy) is 2. The quantitative estimate of drug-likeness (QED) is 0.812. The molecule has 0 aliphatic heterocycles. The van der Waals surface area contributed by atoms with Crippen LogP contribution in [0.2, 0.25) is 0 Å². The molecule has 2 N–H and O–H groups in total. The molecule has 0 bridgehead atoms. The summed E-state index contributed by atoms with van der Waals surface area (Å²) in [4.78, 5) is 0. The third kappa shape index (κ3) is 5.89. The first kappa shape index (κ1) is 14.8. The maximum absolute atomic E-state index is 9.78. The Kier molecular flexibility index (Phi) is 5.44. The largest absolute Gasteiger partial charge is 0.497 e. The molecule has 102 valence electrons. The zero-order valence-electron chi connectivity index (χ0n) is 11.6. The second-order valence-electron chi connectivity index (χ2n) is 5.27. The van der Waals surface area contributed by atoms with Crippen molar-refractivity contribution in [1.82, 2.24) is 5.32 Å². The normalized spacial score (nSPS) is 13.2. The zero-order chi connectivity index (χ0) is 13.6. The van der Waals surface area contributed by atoms with Crippen LogP contribution in [0.3, 0.4) is 0 Å². The molecule has 4 heteroatoms. The average Bonchev–Trinajstić information content (AvgIpc) is 2.33. The third-order valence-electron chi connectivity index (χ3n) is 2.35. The first-order valence-corrected chi connectivity index (χ1v) is 6.10. The fourth-order valence-corrected chi connectivity index (χ4v) is 1.37. The Balaban J connectivity index is 2.35. The van der Waals surface area contributed by atoms with E-state index in [1.807, 2.05) is 18.2 Å². The molecule has 0 amide bonds. The lowest BCUT2D eigenvalue weighted by Gasteiger charge is -2.23. The molecule has 4 nitrogen and oxygen atoms in total. The lowest BCUT2D eigenvalue weighted by Crippen LogP contribution is -2.42. The van der Waals surface area contributed by atoms with Crippen molar-refractivity contribution in [3.8, 4) is 11.5 Å². The molecule has 1 aromatic carbocycles. The van der Waals surface area contributed by atoms with Crippen LogP contribution in [-0.4, -0.2) is 37.0 Å². The fraction of sp³-hybridized carbons (Fsp3) is 0.571. The van der Waals surface area contributed by atoms with E-state index in [0.29, 0.717) is 12.3 Å². The molecule has 0 radical (unpaired) electrons. The number of aliphatic hydroxyl groups excluding tert-OH is 1. The van der Waals surface area contributed by atoms with E-state index < -0.39 is 6.10 Å². The van der Waals surface area contributed by atoms with Gasteiger partial charge in [0.25, 0.3) is 0 Å². The van der Waals surface area contributed by atoms with Gasteiger partial charge in [-0.2, -0.15) is 0 Å². The molecule has 18 heavy (non-hydrogen) atoms. The summed E-state index contributed by atoms with van der Waals surface area (Å²) in [5.74, 6) is 1.44. The van der Waals surface area contributed by atoms with E-state index >= 15 is 0 Å². The Morgan fingerprint density at radius 3 is 2.56 bits per heavy atom. The number of methoxy groups -OCH3 is 1. The first-order valence-electron chi connectivity index (χ1n) is 6.10. The van der Waals surface area contributed by atoms with Gasteiger partial charge in [0.05, 0.1) is 7.11 Å². The molecule has 0 saturated carbocycles. The number of benzene rings is 1. The Morgan fingerprint density at radius 1 is 1.28 bits per heavy atom. The molecule has 0 fully saturated rings. The molecular weight excluding hydrogens is 230 g/mol. The first-order chi connectivity index (χ1) is 8.40. The molecule has 1 aromatic rings. The van der Waals surface area contributed by atoms with E-state index in [1.165, 1.54) is 0 Å². The van der Waals surface area contributed by atoms with Crippen molar-refractivity contribution in [2.75, 3.05) is 20.3 Å². The van der Waals surface area contributed by atoms with E-state index in [2.05, 4.69) is 26.1 Å². The SMILES string of the molecule is COc1cccc(OC[C@H](O)CNC(C)(C)C)c1. The van der Waals surface area contributed by atoms with Crippen LogP contribution in [0.1, 0.15) is 20.8 Å². The molecular formula is C14H23NO3. The molecule has 1 rings (SSSR count). The van der Waals surface area contributed by atoms with E-state index in [-0.39, 0.29) is 12.1 Å². The van der Waals surface area contributed by atoms with Crippen molar-refractivity contribution in [3.63, 3.8) is 0 Å². The molecule has 0 saturated heterocycles. The number of nitrogens with one attached hydrogen (secondary N) is 1. The summed E-state index contributed by atoms with van der Waals surface area (Å²) in [6, 6.07) is 7.34. The van der Waals surface area contributed by atoms with E-state index in [9.17, 15) is 5.11 Å². The minimum atomic E-state index is -0.532. The van der Waals surface area contributed by atoms with Crippen molar-refractivity contribution < 1.29 is 14.6 Å². The smallest absolute Gasteiger partial charge is 0.123 e. The Morgan fingerprint density at radius 2 is 1.94 bits per heavy atom. The van der Waals surface area contributed by atoms with Crippen LogP contribution in [0.15, 0.2) is 24.3 Å². The Bertz CT molecular complexity index is 360. The number of hydrogen-bond acceptors (Lipinski definition) is 4. The summed E-state index contributed by atoms with van der Waals surface area (Å²) in [6.45, 7) is 6.94. The highest BCUT2D eigenvalue weighted by Gasteiger charge is 2.12. The van der Waals surface area contributed by atoms with Gasteiger partial charge in [-0.15, -0.1) is 0 Å². The summed E-state index contributed by atoms with van der Waals surface area (Å²) in [6.07, 6.45) is -0.532. The van der Waals surface area contributed by atoms with Gasteiger partial charge in [0.2, 0.25) is 0 Å². The van der Waals surface area contributed by atoms with Gasteiger partial charge in [-0.3, -0.25) is 0 Å². The second-order valence-corrected chi connectivity index (χ2v) is 5.27. The van der Waals surface area contributed by atoms with Gasteiger partial charge in [-0.1, -0.05) is 6.07 Å². The number of β-amino-alcohol motifs (C(OH)–C–C–N with tert-alkyl or cyclic N) is 1. The van der Waals surface area contributed by atoms with Crippen LogP contribution in [0, 0.1) is 0 Å². The van der Waals surface area contributed by atoms with Crippen LogP contribution in [0.5, 0.6) is 11.5 Å². The van der Waals surface area contributed by atoms with Crippen LogP contribution < -0.4 is 14.8 Å². The summed E-state index contributed by atoms with van der Waals surface area (Å²) in [5.41, 5.74) is -0.00303. The highest BCUT2D eigenvalue weighted by atomic mass is 16.5. The van der Waals surface area contributed by atoms with Gasteiger partial charge in [0.1, 0.15) is 24.2 Å². The van der Waals surface area contributed by atoms with Crippen LogP contribution >= 0.6 is 0 Å². The monoisotopic (exact) mass is 253 g/mol. The Hall–Kier alpha value is -1.26. The van der Waals surface area contributed by atoms with E-state index in [1.54, 1.807) is 13.2 Å². The van der Waals surface area contributed by atoms with Crippen LogP contribution in [0.25, 0.3) is 0 Å². The molecule has 0 unspecified atom stereocenters. The van der Waals surface area contributed by atoms with Gasteiger partial charge in [0.15, 0.2) is 0 Å². The van der Waals surface area contributed by atoms with Gasteiger partial charge in [-0.05, 0) is 32.9 Å². The minimum Gasteiger partial charge on any atom is -0.497 e. The van der Waals surface area contributed by atoms with Crippen LogP contribution in [-0.2, 0) is 0 Å². The number of rotatable bonds is 6. The molecule has 0 aliphatic carbocycles.